The number of rotatable bonds is 10. The van der Waals surface area contributed by atoms with Gasteiger partial charge in [-0.2, -0.15) is 9.98 Å². The number of aliphatic carboxylic acids is 1. The van der Waals surface area contributed by atoms with Crippen molar-refractivity contribution in [3.63, 3.8) is 0 Å². The molecule has 0 saturated carbocycles. The first-order chi connectivity index (χ1) is 16.2. The second-order valence-corrected chi connectivity index (χ2v) is 9.81. The maximum absolute atomic E-state index is 13.0. The van der Waals surface area contributed by atoms with Crippen LogP contribution < -0.4 is 9.46 Å². The minimum absolute atomic E-state index is 0.0978. The maximum Gasteiger partial charge on any atom is 0.322 e. The van der Waals surface area contributed by atoms with E-state index in [1.807, 2.05) is 54.6 Å². The summed E-state index contributed by atoms with van der Waals surface area (Å²) in [7, 11) is -4.12. The highest BCUT2D eigenvalue weighted by molar-refractivity contribution is 7.89. The smallest absolute Gasteiger partial charge is 0.322 e. The summed E-state index contributed by atoms with van der Waals surface area (Å²) < 4.78 is 34.4. The lowest BCUT2D eigenvalue weighted by Gasteiger charge is -2.19. The van der Waals surface area contributed by atoms with Crippen molar-refractivity contribution in [3.05, 3.63) is 83.9 Å². The molecule has 0 aliphatic carbocycles. The summed E-state index contributed by atoms with van der Waals surface area (Å²) in [4.78, 5) is 11.4. The number of benzene rings is 3. The molecule has 0 aromatic heterocycles. The average Bonchev–Trinajstić information content (AvgIpc) is 2.82. The molecule has 0 fully saturated rings. The number of nitrogens with zero attached hydrogens (tertiary/aromatic N) is 1. The van der Waals surface area contributed by atoms with Crippen LogP contribution in [0.15, 0.2) is 77.7 Å². The fraction of sp³-hybridized carbons (Fsp3) is 0.231. The first-order valence-electron chi connectivity index (χ1n) is 10.7. The quantitative estimate of drug-likeness (QED) is 0.446. The van der Waals surface area contributed by atoms with Crippen LogP contribution in [0, 0.1) is 17.2 Å². The molecule has 0 bridgehead atoms. The lowest BCUT2D eigenvalue weighted by atomic mass is 10.0. The van der Waals surface area contributed by atoms with Gasteiger partial charge in [0.25, 0.3) is 0 Å². The van der Waals surface area contributed by atoms with Gasteiger partial charge >= 0.3 is 5.97 Å². The Morgan fingerprint density at radius 3 is 2.29 bits per heavy atom. The first kappa shape index (κ1) is 25.0. The van der Waals surface area contributed by atoms with Gasteiger partial charge in [-0.25, -0.2) is 8.42 Å². The Kier molecular flexibility index (Phi) is 8.05. The molecule has 0 heterocycles. The molecule has 1 unspecified atom stereocenters. The molecular formula is C26H26N2O5S. The van der Waals surface area contributed by atoms with Crippen molar-refractivity contribution in [1.82, 2.24) is 4.72 Å². The second-order valence-electron chi connectivity index (χ2n) is 8.10. The van der Waals surface area contributed by atoms with Crippen molar-refractivity contribution in [2.45, 2.75) is 37.8 Å². The van der Waals surface area contributed by atoms with Crippen molar-refractivity contribution in [2.75, 3.05) is 0 Å². The highest BCUT2D eigenvalue weighted by atomic mass is 32.2. The van der Waals surface area contributed by atoms with E-state index in [-0.39, 0.29) is 17.9 Å². The van der Waals surface area contributed by atoms with Crippen LogP contribution in [0.3, 0.4) is 0 Å². The normalized spacial score (nSPS) is 12.2. The average molecular weight is 479 g/mol. The van der Waals surface area contributed by atoms with Gasteiger partial charge in [0.15, 0.2) is 0 Å². The van der Waals surface area contributed by atoms with E-state index >= 15 is 0 Å². The van der Waals surface area contributed by atoms with E-state index in [1.54, 1.807) is 19.9 Å². The molecule has 34 heavy (non-hydrogen) atoms. The van der Waals surface area contributed by atoms with Gasteiger partial charge in [0.2, 0.25) is 10.0 Å². The van der Waals surface area contributed by atoms with Gasteiger partial charge in [-0.15, -0.1) is 0 Å². The molecule has 0 aliphatic heterocycles. The Bertz CT molecular complexity index is 1300. The third-order valence-corrected chi connectivity index (χ3v) is 6.77. The zero-order valence-corrected chi connectivity index (χ0v) is 19.7. The number of sulfonamides is 1. The Balaban J connectivity index is 2.00. The molecule has 176 valence electrons. The van der Waals surface area contributed by atoms with E-state index in [1.165, 1.54) is 12.1 Å². The highest BCUT2D eigenvalue weighted by Gasteiger charge is 2.28. The Labute approximate surface area is 199 Å². The number of hydrogen-bond acceptors (Lipinski definition) is 5. The lowest BCUT2D eigenvalue weighted by molar-refractivity contribution is -0.140. The SMILES string of the molecule is CC(C)C(NS(=O)(=O)c1ccc(-c2ccccc2)c(OCc2ccccc2CC#N)c1)C(=O)O. The van der Waals surface area contributed by atoms with Crippen molar-refractivity contribution >= 4 is 16.0 Å². The minimum Gasteiger partial charge on any atom is -0.488 e. The molecule has 0 amide bonds. The van der Waals surface area contributed by atoms with E-state index in [2.05, 4.69) is 10.8 Å². The second kappa shape index (κ2) is 11.0. The molecule has 8 heteroatoms. The van der Waals surface area contributed by atoms with Crippen molar-refractivity contribution in [1.29, 1.82) is 5.26 Å². The fourth-order valence-corrected chi connectivity index (χ4v) is 4.82. The predicted molar refractivity (Wildman–Crippen MR) is 129 cm³/mol. The molecule has 0 spiro atoms. The van der Waals surface area contributed by atoms with Crippen LogP contribution in [0.25, 0.3) is 11.1 Å². The number of carboxylic acids is 1. The van der Waals surface area contributed by atoms with Crippen LogP contribution in [-0.4, -0.2) is 25.5 Å². The van der Waals surface area contributed by atoms with E-state index in [9.17, 15) is 18.3 Å². The summed E-state index contributed by atoms with van der Waals surface area (Å²) in [6.45, 7) is 3.40. The van der Waals surface area contributed by atoms with E-state index < -0.39 is 28.0 Å². The number of hydrogen-bond donors (Lipinski definition) is 2. The van der Waals surface area contributed by atoms with Crippen molar-refractivity contribution < 1.29 is 23.1 Å². The number of nitriles is 1. The Hall–Kier alpha value is -3.67. The molecule has 3 aromatic carbocycles. The Morgan fingerprint density at radius 1 is 1.03 bits per heavy atom. The van der Waals surface area contributed by atoms with Crippen LogP contribution in [0.5, 0.6) is 5.75 Å². The lowest BCUT2D eigenvalue weighted by Crippen LogP contribution is -2.44. The number of nitrogens with one attached hydrogen (secondary N) is 1. The van der Waals surface area contributed by atoms with E-state index in [0.29, 0.717) is 11.3 Å². The standard InChI is InChI=1S/C26H26N2O5S/c1-18(2)25(26(29)30)28-34(31,32)22-12-13-23(20-9-4-3-5-10-20)24(16-22)33-17-21-11-7-6-8-19(21)14-15-27/h3-13,16,18,25,28H,14,17H2,1-2H3,(H,29,30). The molecule has 0 saturated heterocycles. The zero-order chi connectivity index (χ0) is 24.7. The van der Waals surface area contributed by atoms with Gasteiger partial charge in [0.05, 0.1) is 17.4 Å². The van der Waals surface area contributed by atoms with Crippen molar-refractivity contribution in [2.24, 2.45) is 5.92 Å². The minimum atomic E-state index is -4.12. The number of ether oxygens (including phenoxy) is 1. The first-order valence-corrected chi connectivity index (χ1v) is 12.2. The van der Waals surface area contributed by atoms with Gasteiger partial charge in [-0.05, 0) is 34.7 Å². The maximum atomic E-state index is 13.0. The fourth-order valence-electron chi connectivity index (χ4n) is 3.46. The van der Waals surface area contributed by atoms with E-state index in [4.69, 9.17) is 10.00 Å². The van der Waals surface area contributed by atoms with Gasteiger partial charge in [-0.1, -0.05) is 68.4 Å². The summed E-state index contributed by atoms with van der Waals surface area (Å²) in [6, 6.07) is 22.1. The highest BCUT2D eigenvalue weighted by Crippen LogP contribution is 2.33. The molecule has 3 rings (SSSR count). The van der Waals surface area contributed by atoms with E-state index in [0.717, 1.165) is 16.7 Å². The summed E-state index contributed by atoms with van der Waals surface area (Å²) in [5.74, 6) is -1.36. The van der Waals surface area contributed by atoms with Gasteiger partial charge in [-0.3, -0.25) is 4.79 Å². The Morgan fingerprint density at radius 2 is 1.68 bits per heavy atom. The van der Waals surface area contributed by atoms with Crippen LogP contribution >= 0.6 is 0 Å². The molecular weight excluding hydrogens is 452 g/mol. The third-order valence-electron chi connectivity index (χ3n) is 5.33. The van der Waals surface area contributed by atoms with Gasteiger partial charge in [0.1, 0.15) is 18.4 Å². The molecule has 0 aliphatic rings. The summed E-state index contributed by atoms with van der Waals surface area (Å²) in [5.41, 5.74) is 3.18. The molecule has 7 nitrogen and oxygen atoms in total. The monoisotopic (exact) mass is 478 g/mol. The molecule has 0 radical (unpaired) electrons. The van der Waals surface area contributed by atoms with Gasteiger partial charge < -0.3 is 9.84 Å². The van der Waals surface area contributed by atoms with Gasteiger partial charge in [0, 0.05) is 11.6 Å². The topological polar surface area (TPSA) is 116 Å². The summed E-state index contributed by atoms with van der Waals surface area (Å²) in [5, 5.41) is 18.5. The predicted octanol–water partition coefficient (Wildman–Crippen LogP) is 4.39. The number of carboxylic acid groups (broad SMARTS) is 1. The van der Waals surface area contributed by atoms with Crippen molar-refractivity contribution in [3.8, 4) is 22.9 Å². The summed E-state index contributed by atoms with van der Waals surface area (Å²) >= 11 is 0. The summed E-state index contributed by atoms with van der Waals surface area (Å²) in [6.07, 6.45) is 0.231. The number of carbonyl (C=O) groups is 1. The largest absolute Gasteiger partial charge is 0.488 e. The zero-order valence-electron chi connectivity index (χ0n) is 18.9. The molecule has 1 atom stereocenters. The van der Waals surface area contributed by atoms with Crippen LogP contribution in [0.4, 0.5) is 0 Å². The van der Waals surface area contributed by atoms with Crippen LogP contribution in [0.1, 0.15) is 25.0 Å². The third kappa shape index (κ3) is 6.01. The molecule has 3 aromatic rings. The van der Waals surface area contributed by atoms with Crippen LogP contribution in [-0.2, 0) is 27.8 Å². The van der Waals surface area contributed by atoms with Crippen LogP contribution in [0.2, 0.25) is 0 Å². The molecule has 2 N–H and O–H groups in total.